The van der Waals surface area contributed by atoms with Crippen LogP contribution in [0.25, 0.3) is 0 Å². The number of ether oxygens (including phenoxy) is 2. The molecule has 0 bridgehead atoms. The Kier molecular flexibility index (Phi) is 3.33. The van der Waals surface area contributed by atoms with Gasteiger partial charge in [0.25, 0.3) is 0 Å². The summed E-state index contributed by atoms with van der Waals surface area (Å²) in [6.45, 7) is 5.44. The quantitative estimate of drug-likeness (QED) is 0.660. The van der Waals surface area contributed by atoms with Crippen molar-refractivity contribution in [2.24, 2.45) is 0 Å². The Morgan fingerprint density at radius 3 is 2.46 bits per heavy atom. The molecule has 0 radical (unpaired) electrons. The lowest BCUT2D eigenvalue weighted by molar-refractivity contribution is -0.154. The van der Waals surface area contributed by atoms with E-state index in [9.17, 15) is 4.79 Å². The van der Waals surface area contributed by atoms with Crippen molar-refractivity contribution in [3.05, 3.63) is 0 Å². The molecule has 0 aromatic heterocycles. The second-order valence-corrected chi connectivity index (χ2v) is 4.04. The highest BCUT2D eigenvalue weighted by atomic mass is 35.5. The number of halogens is 1. The van der Waals surface area contributed by atoms with Crippen molar-refractivity contribution in [2.75, 3.05) is 5.88 Å². The number of alkyl halides is 1. The van der Waals surface area contributed by atoms with E-state index in [-0.39, 0.29) is 11.9 Å². The molecule has 0 amide bonds. The summed E-state index contributed by atoms with van der Waals surface area (Å²) in [7, 11) is 0. The fraction of sp³-hybridized carbons (Fsp3) is 0.889. The molecule has 4 heteroatoms. The van der Waals surface area contributed by atoms with Crippen molar-refractivity contribution in [1.82, 2.24) is 0 Å². The maximum absolute atomic E-state index is 11.5. The number of rotatable bonds is 3. The molecule has 0 saturated carbocycles. The Labute approximate surface area is 83.3 Å². The Morgan fingerprint density at radius 2 is 2.08 bits per heavy atom. The van der Waals surface area contributed by atoms with Crippen LogP contribution in [0.3, 0.4) is 0 Å². The van der Waals surface area contributed by atoms with Gasteiger partial charge in [0.15, 0.2) is 11.6 Å². The SMILES string of the molecule is CC1OC(C)(C)OC1C(=O)CCCl. The number of Topliss-reactive ketones (excluding diaryl/α,β-unsaturated/α-hetero) is 1. The van der Waals surface area contributed by atoms with E-state index in [1.54, 1.807) is 13.8 Å². The molecule has 1 saturated heterocycles. The molecule has 76 valence electrons. The minimum Gasteiger partial charge on any atom is -0.344 e. The van der Waals surface area contributed by atoms with Gasteiger partial charge >= 0.3 is 0 Å². The van der Waals surface area contributed by atoms with Crippen molar-refractivity contribution in [3.63, 3.8) is 0 Å². The Balaban J connectivity index is 2.57. The molecule has 0 aromatic carbocycles. The molecular formula is C9H15ClO3. The lowest BCUT2D eigenvalue weighted by atomic mass is 10.1. The van der Waals surface area contributed by atoms with Crippen LogP contribution in [0, 0.1) is 0 Å². The first kappa shape index (κ1) is 11.0. The molecule has 0 N–H and O–H groups in total. The van der Waals surface area contributed by atoms with E-state index in [1.807, 2.05) is 6.92 Å². The van der Waals surface area contributed by atoms with Gasteiger partial charge in [-0.1, -0.05) is 0 Å². The predicted molar refractivity (Wildman–Crippen MR) is 49.8 cm³/mol. The normalized spacial score (nSPS) is 32.0. The largest absolute Gasteiger partial charge is 0.344 e. The third kappa shape index (κ3) is 2.66. The molecule has 0 aliphatic carbocycles. The summed E-state index contributed by atoms with van der Waals surface area (Å²) >= 11 is 5.48. The number of carbonyl (C=O) groups excluding carboxylic acids is 1. The third-order valence-electron chi connectivity index (χ3n) is 1.97. The molecular weight excluding hydrogens is 192 g/mol. The Hall–Kier alpha value is -0.120. The van der Waals surface area contributed by atoms with E-state index in [1.165, 1.54) is 0 Å². The number of hydrogen-bond donors (Lipinski definition) is 0. The maximum atomic E-state index is 11.5. The van der Waals surface area contributed by atoms with Gasteiger partial charge in [0.2, 0.25) is 0 Å². The minimum atomic E-state index is -0.647. The highest BCUT2D eigenvalue weighted by Gasteiger charge is 2.41. The monoisotopic (exact) mass is 206 g/mol. The molecule has 1 rings (SSSR count). The molecule has 2 unspecified atom stereocenters. The fourth-order valence-electron chi connectivity index (χ4n) is 1.50. The van der Waals surface area contributed by atoms with Crippen LogP contribution in [-0.2, 0) is 14.3 Å². The van der Waals surface area contributed by atoms with E-state index >= 15 is 0 Å². The first-order valence-corrected chi connectivity index (χ1v) is 4.94. The molecule has 13 heavy (non-hydrogen) atoms. The van der Waals surface area contributed by atoms with Gasteiger partial charge in [-0.3, -0.25) is 4.79 Å². The molecule has 1 aliphatic heterocycles. The molecule has 1 aliphatic rings. The van der Waals surface area contributed by atoms with Crippen LogP contribution in [0.4, 0.5) is 0 Å². The minimum absolute atomic E-state index is 0.0214. The second kappa shape index (κ2) is 3.95. The summed E-state index contributed by atoms with van der Waals surface area (Å²) in [6.07, 6.45) is -0.282. The van der Waals surface area contributed by atoms with E-state index in [2.05, 4.69) is 0 Å². The first-order chi connectivity index (χ1) is 5.96. The standard InChI is InChI=1S/C9H15ClO3/c1-6-8(7(11)4-5-10)13-9(2,3)12-6/h6,8H,4-5H2,1-3H3. The van der Waals surface area contributed by atoms with Gasteiger partial charge < -0.3 is 9.47 Å². The summed E-state index contributed by atoms with van der Waals surface area (Å²) in [5.74, 6) is -0.286. The van der Waals surface area contributed by atoms with Gasteiger partial charge in [0.05, 0.1) is 6.10 Å². The van der Waals surface area contributed by atoms with Crippen molar-refractivity contribution in [1.29, 1.82) is 0 Å². The van der Waals surface area contributed by atoms with Crippen LogP contribution in [-0.4, -0.2) is 29.7 Å². The zero-order valence-corrected chi connectivity index (χ0v) is 8.93. The first-order valence-electron chi connectivity index (χ1n) is 4.40. The zero-order valence-electron chi connectivity index (χ0n) is 8.17. The predicted octanol–water partition coefficient (Wildman–Crippen LogP) is 1.72. The summed E-state index contributed by atoms with van der Waals surface area (Å²) in [5.41, 5.74) is 0. The van der Waals surface area contributed by atoms with Gasteiger partial charge in [-0.2, -0.15) is 0 Å². The van der Waals surface area contributed by atoms with Gasteiger partial charge in [-0.25, -0.2) is 0 Å². The summed E-state index contributed by atoms with van der Waals surface area (Å²) in [4.78, 5) is 11.5. The van der Waals surface area contributed by atoms with Crippen molar-refractivity contribution in [3.8, 4) is 0 Å². The van der Waals surface area contributed by atoms with Gasteiger partial charge in [0.1, 0.15) is 6.10 Å². The summed E-state index contributed by atoms with van der Waals surface area (Å²) in [5, 5.41) is 0. The average molecular weight is 207 g/mol. The fourth-order valence-corrected chi connectivity index (χ4v) is 1.69. The smallest absolute Gasteiger partial charge is 0.165 e. The van der Waals surface area contributed by atoms with Crippen LogP contribution in [0.5, 0.6) is 0 Å². The zero-order chi connectivity index (χ0) is 10.1. The summed E-state index contributed by atoms with van der Waals surface area (Å²) in [6, 6.07) is 0. The molecule has 0 spiro atoms. The van der Waals surface area contributed by atoms with Gasteiger partial charge in [-0.05, 0) is 20.8 Å². The van der Waals surface area contributed by atoms with E-state index in [4.69, 9.17) is 21.1 Å². The van der Waals surface area contributed by atoms with E-state index < -0.39 is 11.9 Å². The maximum Gasteiger partial charge on any atom is 0.165 e. The van der Waals surface area contributed by atoms with Gasteiger partial charge in [0, 0.05) is 12.3 Å². The van der Waals surface area contributed by atoms with Crippen molar-refractivity contribution in [2.45, 2.75) is 45.2 Å². The van der Waals surface area contributed by atoms with Crippen molar-refractivity contribution >= 4 is 17.4 Å². The highest BCUT2D eigenvalue weighted by molar-refractivity contribution is 6.19. The highest BCUT2D eigenvalue weighted by Crippen LogP contribution is 2.28. The topological polar surface area (TPSA) is 35.5 Å². The van der Waals surface area contributed by atoms with Crippen LogP contribution in [0.1, 0.15) is 27.2 Å². The number of hydrogen-bond acceptors (Lipinski definition) is 3. The molecule has 1 fully saturated rings. The lowest BCUT2D eigenvalue weighted by Crippen LogP contribution is -2.30. The molecule has 3 nitrogen and oxygen atoms in total. The second-order valence-electron chi connectivity index (χ2n) is 3.67. The van der Waals surface area contributed by atoms with Crippen molar-refractivity contribution < 1.29 is 14.3 Å². The van der Waals surface area contributed by atoms with Crippen LogP contribution in [0.15, 0.2) is 0 Å². The van der Waals surface area contributed by atoms with Crippen LogP contribution < -0.4 is 0 Å². The average Bonchev–Trinajstić information content (AvgIpc) is 2.25. The third-order valence-corrected chi connectivity index (χ3v) is 2.15. The number of ketones is 1. The lowest BCUT2D eigenvalue weighted by Gasteiger charge is -2.16. The number of carbonyl (C=O) groups is 1. The van der Waals surface area contributed by atoms with E-state index in [0.29, 0.717) is 12.3 Å². The Bertz CT molecular complexity index is 203. The molecule has 2 atom stereocenters. The Morgan fingerprint density at radius 1 is 1.46 bits per heavy atom. The van der Waals surface area contributed by atoms with Crippen LogP contribution in [0.2, 0.25) is 0 Å². The molecule has 0 aromatic rings. The van der Waals surface area contributed by atoms with Gasteiger partial charge in [-0.15, -0.1) is 11.6 Å². The summed E-state index contributed by atoms with van der Waals surface area (Å²) < 4.78 is 10.9. The molecule has 1 heterocycles. The van der Waals surface area contributed by atoms with Crippen LogP contribution >= 0.6 is 11.6 Å². The van der Waals surface area contributed by atoms with E-state index in [0.717, 1.165) is 0 Å².